The van der Waals surface area contributed by atoms with Crippen LogP contribution in [0.4, 0.5) is 0 Å². The van der Waals surface area contributed by atoms with Crippen molar-refractivity contribution in [1.29, 1.82) is 0 Å². The molecule has 0 aliphatic carbocycles. The van der Waals surface area contributed by atoms with E-state index in [0.29, 0.717) is 17.0 Å². The Labute approximate surface area is 116 Å². The molecule has 0 fully saturated rings. The van der Waals surface area contributed by atoms with Crippen molar-refractivity contribution in [2.45, 2.75) is 19.6 Å². The van der Waals surface area contributed by atoms with Crippen molar-refractivity contribution in [3.05, 3.63) is 47.9 Å². The fourth-order valence-corrected chi connectivity index (χ4v) is 1.54. The fraction of sp³-hybridized carbons (Fsp3) is 0.286. The van der Waals surface area contributed by atoms with Crippen LogP contribution in [-0.2, 0) is 6.61 Å². The van der Waals surface area contributed by atoms with Crippen LogP contribution < -0.4 is 10.1 Å². The van der Waals surface area contributed by atoms with Gasteiger partial charge in [-0.1, -0.05) is 11.2 Å². The lowest BCUT2D eigenvalue weighted by Gasteiger charge is -2.09. The van der Waals surface area contributed by atoms with E-state index in [1.54, 1.807) is 37.3 Å². The number of rotatable bonds is 6. The number of aliphatic hydroxyl groups is 1. The highest BCUT2D eigenvalue weighted by Gasteiger charge is 2.08. The average molecular weight is 276 g/mol. The smallest absolute Gasteiger partial charge is 0.251 e. The highest BCUT2D eigenvalue weighted by molar-refractivity contribution is 5.94. The van der Waals surface area contributed by atoms with Crippen LogP contribution in [0.2, 0.25) is 0 Å². The molecule has 1 aromatic carbocycles. The summed E-state index contributed by atoms with van der Waals surface area (Å²) in [5.41, 5.74) is 1.15. The standard InChI is InChI=1S/C14H16N2O4/c1-10(17)8-15-14(18)11-3-2-4-13(7-11)19-9-12-5-6-20-16-12/h2-7,10,17H,8-9H2,1H3,(H,15,18). The second-order valence-corrected chi connectivity index (χ2v) is 4.37. The molecule has 20 heavy (non-hydrogen) atoms. The number of nitrogens with one attached hydrogen (secondary N) is 1. The summed E-state index contributed by atoms with van der Waals surface area (Å²) < 4.78 is 10.2. The lowest BCUT2D eigenvalue weighted by molar-refractivity contribution is 0.0923. The molecule has 0 aliphatic rings. The quantitative estimate of drug-likeness (QED) is 0.832. The van der Waals surface area contributed by atoms with Gasteiger partial charge < -0.3 is 19.7 Å². The molecule has 106 valence electrons. The molecule has 0 saturated carbocycles. The second kappa shape index (κ2) is 6.72. The largest absolute Gasteiger partial charge is 0.487 e. The van der Waals surface area contributed by atoms with E-state index in [1.165, 1.54) is 6.26 Å². The third-order valence-electron chi connectivity index (χ3n) is 2.53. The van der Waals surface area contributed by atoms with Crippen LogP contribution in [0.5, 0.6) is 5.75 Å². The molecule has 1 atom stereocenters. The number of ether oxygens (including phenoxy) is 1. The summed E-state index contributed by atoms with van der Waals surface area (Å²) in [6, 6.07) is 8.51. The maximum atomic E-state index is 11.8. The van der Waals surface area contributed by atoms with Crippen LogP contribution in [0.25, 0.3) is 0 Å². The van der Waals surface area contributed by atoms with E-state index < -0.39 is 6.10 Å². The van der Waals surface area contributed by atoms with Gasteiger partial charge in [0.05, 0.1) is 6.10 Å². The number of hydrogen-bond donors (Lipinski definition) is 2. The third kappa shape index (κ3) is 4.10. The predicted molar refractivity (Wildman–Crippen MR) is 71.3 cm³/mol. The molecule has 2 aromatic rings. The Bertz CT molecular complexity index is 552. The number of nitrogens with zero attached hydrogens (tertiary/aromatic N) is 1. The van der Waals surface area contributed by atoms with E-state index in [-0.39, 0.29) is 19.1 Å². The molecule has 2 rings (SSSR count). The van der Waals surface area contributed by atoms with Crippen LogP contribution in [0, 0.1) is 0 Å². The number of hydrogen-bond acceptors (Lipinski definition) is 5. The molecule has 0 aliphatic heterocycles. The molecular weight excluding hydrogens is 260 g/mol. The Morgan fingerprint density at radius 1 is 1.50 bits per heavy atom. The Hall–Kier alpha value is -2.34. The van der Waals surface area contributed by atoms with Gasteiger partial charge in [0.25, 0.3) is 5.91 Å². The normalized spacial score (nSPS) is 11.9. The number of aromatic nitrogens is 1. The monoisotopic (exact) mass is 276 g/mol. The fourth-order valence-electron chi connectivity index (χ4n) is 1.54. The molecule has 0 saturated heterocycles. The van der Waals surface area contributed by atoms with Crippen LogP contribution in [0.3, 0.4) is 0 Å². The van der Waals surface area contributed by atoms with Gasteiger partial charge in [0.2, 0.25) is 0 Å². The summed E-state index contributed by atoms with van der Waals surface area (Å²) in [5, 5.41) is 15.5. The first-order valence-electron chi connectivity index (χ1n) is 6.23. The third-order valence-corrected chi connectivity index (χ3v) is 2.53. The number of aliphatic hydroxyl groups excluding tert-OH is 1. The van der Waals surface area contributed by atoms with Gasteiger partial charge in [-0.3, -0.25) is 4.79 Å². The van der Waals surface area contributed by atoms with Crippen LogP contribution in [0.1, 0.15) is 23.0 Å². The van der Waals surface area contributed by atoms with E-state index in [1.807, 2.05) is 0 Å². The number of amides is 1. The van der Waals surface area contributed by atoms with Gasteiger partial charge >= 0.3 is 0 Å². The summed E-state index contributed by atoms with van der Waals surface area (Å²) in [4.78, 5) is 11.8. The molecule has 1 amide bonds. The van der Waals surface area contributed by atoms with Crippen molar-refractivity contribution >= 4 is 5.91 Å². The van der Waals surface area contributed by atoms with Gasteiger partial charge in [0, 0.05) is 18.2 Å². The number of carbonyl (C=O) groups is 1. The molecule has 1 heterocycles. The average Bonchev–Trinajstić information content (AvgIpc) is 2.96. The summed E-state index contributed by atoms with van der Waals surface area (Å²) >= 11 is 0. The van der Waals surface area contributed by atoms with Gasteiger partial charge in [-0.2, -0.15) is 0 Å². The van der Waals surface area contributed by atoms with E-state index in [4.69, 9.17) is 14.4 Å². The molecule has 1 aromatic heterocycles. The summed E-state index contributed by atoms with van der Waals surface area (Å²) in [5.74, 6) is 0.315. The molecule has 0 bridgehead atoms. The summed E-state index contributed by atoms with van der Waals surface area (Å²) in [6.07, 6.45) is 0.893. The van der Waals surface area contributed by atoms with Gasteiger partial charge in [0.1, 0.15) is 24.3 Å². The Morgan fingerprint density at radius 2 is 2.35 bits per heavy atom. The first kappa shape index (κ1) is 14.1. The minimum absolute atomic E-state index is 0.211. The minimum Gasteiger partial charge on any atom is -0.487 e. The van der Waals surface area contributed by atoms with Crippen molar-refractivity contribution in [3.63, 3.8) is 0 Å². The predicted octanol–water partition coefficient (Wildman–Crippen LogP) is 1.36. The number of carbonyl (C=O) groups excluding carboxylic acids is 1. The van der Waals surface area contributed by atoms with Gasteiger partial charge in [-0.15, -0.1) is 0 Å². The van der Waals surface area contributed by atoms with E-state index in [0.717, 1.165) is 0 Å². The van der Waals surface area contributed by atoms with Gasteiger partial charge in [-0.25, -0.2) is 0 Å². The van der Waals surface area contributed by atoms with E-state index in [9.17, 15) is 4.79 Å². The highest BCUT2D eigenvalue weighted by atomic mass is 16.5. The maximum absolute atomic E-state index is 11.8. The SMILES string of the molecule is CC(O)CNC(=O)c1cccc(OCc2ccon2)c1. The zero-order valence-electron chi connectivity index (χ0n) is 11.1. The van der Waals surface area contributed by atoms with Gasteiger partial charge in [0.15, 0.2) is 0 Å². The van der Waals surface area contributed by atoms with Crippen molar-refractivity contribution in [3.8, 4) is 5.75 Å². The zero-order chi connectivity index (χ0) is 14.4. The molecule has 6 heteroatoms. The Morgan fingerprint density at radius 3 is 3.05 bits per heavy atom. The van der Waals surface area contributed by atoms with Crippen molar-refractivity contribution in [1.82, 2.24) is 10.5 Å². The van der Waals surface area contributed by atoms with Crippen LogP contribution in [0.15, 0.2) is 41.1 Å². The second-order valence-electron chi connectivity index (χ2n) is 4.37. The molecule has 0 radical (unpaired) electrons. The molecule has 1 unspecified atom stereocenters. The molecule has 0 spiro atoms. The molecular formula is C14H16N2O4. The minimum atomic E-state index is -0.578. The van der Waals surface area contributed by atoms with Crippen LogP contribution >= 0.6 is 0 Å². The maximum Gasteiger partial charge on any atom is 0.251 e. The zero-order valence-corrected chi connectivity index (χ0v) is 11.1. The van der Waals surface area contributed by atoms with Crippen molar-refractivity contribution < 1.29 is 19.2 Å². The Kier molecular flexibility index (Phi) is 4.73. The highest BCUT2D eigenvalue weighted by Crippen LogP contribution is 2.14. The molecule has 2 N–H and O–H groups in total. The number of benzene rings is 1. The lowest BCUT2D eigenvalue weighted by atomic mass is 10.2. The van der Waals surface area contributed by atoms with E-state index in [2.05, 4.69) is 10.5 Å². The van der Waals surface area contributed by atoms with Crippen molar-refractivity contribution in [2.24, 2.45) is 0 Å². The molecule has 6 nitrogen and oxygen atoms in total. The lowest BCUT2D eigenvalue weighted by Crippen LogP contribution is -2.30. The van der Waals surface area contributed by atoms with Gasteiger partial charge in [-0.05, 0) is 25.1 Å². The summed E-state index contributed by atoms with van der Waals surface area (Å²) in [7, 11) is 0. The van der Waals surface area contributed by atoms with Crippen molar-refractivity contribution in [2.75, 3.05) is 6.54 Å². The summed E-state index contributed by atoms with van der Waals surface area (Å²) in [6.45, 7) is 2.09. The van der Waals surface area contributed by atoms with E-state index >= 15 is 0 Å². The topological polar surface area (TPSA) is 84.6 Å². The Balaban J connectivity index is 1.95. The first-order valence-corrected chi connectivity index (χ1v) is 6.23. The first-order chi connectivity index (χ1) is 9.65. The van der Waals surface area contributed by atoms with Crippen LogP contribution in [-0.4, -0.2) is 28.8 Å².